The third kappa shape index (κ3) is 4.24. The van der Waals surface area contributed by atoms with Crippen molar-refractivity contribution in [3.05, 3.63) is 50.7 Å². The van der Waals surface area contributed by atoms with E-state index in [1.165, 1.54) is 4.90 Å². The van der Waals surface area contributed by atoms with Crippen molar-refractivity contribution >= 4 is 41.2 Å². The van der Waals surface area contributed by atoms with E-state index >= 15 is 0 Å². The summed E-state index contributed by atoms with van der Waals surface area (Å²) in [6, 6.07) is 4.95. The normalized spacial score (nSPS) is 16.1. The van der Waals surface area contributed by atoms with Gasteiger partial charge in [0, 0.05) is 29.4 Å². The Morgan fingerprint density at radius 1 is 1.32 bits per heavy atom. The highest BCUT2D eigenvalue weighted by Crippen LogP contribution is 2.33. The van der Waals surface area contributed by atoms with Gasteiger partial charge in [0.1, 0.15) is 0 Å². The van der Waals surface area contributed by atoms with Crippen molar-refractivity contribution < 1.29 is 19.1 Å². The van der Waals surface area contributed by atoms with Crippen molar-refractivity contribution in [1.82, 2.24) is 4.90 Å². The standard InChI is InChI=1S/C18H19Cl2NO4/c1-4-25-18(23)16-11(2)21(7-8-24-3)17(22)14(16)9-12-5-6-13(19)10-15(12)20/h5-6,9-10H,4,7-8H2,1-3H3. The Bertz CT molecular complexity index is 755. The summed E-state index contributed by atoms with van der Waals surface area (Å²) in [6.07, 6.45) is 1.59. The van der Waals surface area contributed by atoms with Crippen LogP contribution in [0, 0.1) is 0 Å². The van der Waals surface area contributed by atoms with Gasteiger partial charge in [-0.1, -0.05) is 29.3 Å². The summed E-state index contributed by atoms with van der Waals surface area (Å²) < 4.78 is 10.2. The summed E-state index contributed by atoms with van der Waals surface area (Å²) in [7, 11) is 1.55. The Balaban J connectivity index is 2.50. The molecule has 2 rings (SSSR count). The summed E-state index contributed by atoms with van der Waals surface area (Å²) >= 11 is 12.1. The van der Waals surface area contributed by atoms with Gasteiger partial charge in [-0.3, -0.25) is 4.79 Å². The predicted octanol–water partition coefficient (Wildman–Crippen LogP) is 3.70. The molecule has 0 aromatic heterocycles. The molecule has 5 nitrogen and oxygen atoms in total. The van der Waals surface area contributed by atoms with Gasteiger partial charge in [0.05, 0.1) is 24.4 Å². The van der Waals surface area contributed by atoms with Gasteiger partial charge >= 0.3 is 5.97 Å². The maximum absolute atomic E-state index is 12.8. The largest absolute Gasteiger partial charge is 0.462 e. The summed E-state index contributed by atoms with van der Waals surface area (Å²) in [6.45, 7) is 4.34. The molecule has 0 spiro atoms. The zero-order valence-electron chi connectivity index (χ0n) is 14.3. The van der Waals surface area contributed by atoms with E-state index in [1.54, 1.807) is 45.2 Å². The van der Waals surface area contributed by atoms with E-state index in [-0.39, 0.29) is 23.7 Å². The van der Waals surface area contributed by atoms with Crippen LogP contribution < -0.4 is 0 Å². The first-order valence-electron chi connectivity index (χ1n) is 7.76. The van der Waals surface area contributed by atoms with Crippen LogP contribution in [0.2, 0.25) is 10.0 Å². The van der Waals surface area contributed by atoms with Crippen LogP contribution in [0.15, 0.2) is 35.0 Å². The molecule has 0 aliphatic carbocycles. The number of nitrogens with zero attached hydrogens (tertiary/aromatic N) is 1. The molecule has 7 heteroatoms. The van der Waals surface area contributed by atoms with Gasteiger partial charge in [-0.05, 0) is 37.6 Å². The highest BCUT2D eigenvalue weighted by Gasteiger charge is 2.37. The van der Waals surface area contributed by atoms with Gasteiger partial charge in [0.2, 0.25) is 0 Å². The first-order chi connectivity index (χ1) is 11.9. The molecule has 0 saturated heterocycles. The molecule has 0 fully saturated rings. The minimum absolute atomic E-state index is 0.219. The number of halogens is 2. The fraction of sp³-hybridized carbons (Fsp3) is 0.333. The lowest BCUT2D eigenvalue weighted by atomic mass is 10.0. The van der Waals surface area contributed by atoms with E-state index < -0.39 is 5.97 Å². The Morgan fingerprint density at radius 3 is 2.64 bits per heavy atom. The number of esters is 1. The van der Waals surface area contributed by atoms with Gasteiger partial charge < -0.3 is 14.4 Å². The van der Waals surface area contributed by atoms with Crippen LogP contribution in [0.4, 0.5) is 0 Å². The van der Waals surface area contributed by atoms with Gasteiger partial charge in [-0.15, -0.1) is 0 Å². The first kappa shape index (κ1) is 19.5. The average molecular weight is 384 g/mol. The molecule has 1 aliphatic heterocycles. The highest BCUT2D eigenvalue weighted by molar-refractivity contribution is 6.35. The molecule has 1 aliphatic rings. The van der Waals surface area contributed by atoms with E-state index in [1.807, 2.05) is 0 Å². The molecular weight excluding hydrogens is 365 g/mol. The van der Waals surface area contributed by atoms with Crippen LogP contribution in [-0.2, 0) is 19.1 Å². The van der Waals surface area contributed by atoms with E-state index in [2.05, 4.69) is 0 Å². The number of allylic oxidation sites excluding steroid dienone is 1. The van der Waals surface area contributed by atoms with Crippen molar-refractivity contribution in [2.45, 2.75) is 13.8 Å². The van der Waals surface area contributed by atoms with Crippen molar-refractivity contribution in [3.8, 4) is 0 Å². The van der Waals surface area contributed by atoms with Gasteiger partial charge in [-0.2, -0.15) is 0 Å². The zero-order valence-corrected chi connectivity index (χ0v) is 15.8. The number of methoxy groups -OCH3 is 1. The van der Waals surface area contributed by atoms with Crippen LogP contribution in [0.1, 0.15) is 19.4 Å². The minimum atomic E-state index is -0.537. The van der Waals surface area contributed by atoms with Crippen LogP contribution in [0.5, 0.6) is 0 Å². The first-order valence-corrected chi connectivity index (χ1v) is 8.52. The monoisotopic (exact) mass is 383 g/mol. The lowest BCUT2D eigenvalue weighted by molar-refractivity contribution is -0.138. The number of rotatable bonds is 6. The summed E-state index contributed by atoms with van der Waals surface area (Å²) in [5, 5.41) is 0.882. The maximum atomic E-state index is 12.8. The summed E-state index contributed by atoms with van der Waals surface area (Å²) in [5.74, 6) is -0.826. The number of carbonyl (C=O) groups is 2. The molecule has 134 valence electrons. The fourth-order valence-corrected chi connectivity index (χ4v) is 3.02. The van der Waals surface area contributed by atoms with Crippen LogP contribution in [0.25, 0.3) is 6.08 Å². The molecule has 0 atom stereocenters. The second-order valence-corrected chi connectivity index (χ2v) is 6.20. The third-order valence-electron chi connectivity index (χ3n) is 3.77. The van der Waals surface area contributed by atoms with Crippen LogP contribution in [0.3, 0.4) is 0 Å². The molecule has 1 aromatic carbocycles. The predicted molar refractivity (Wildman–Crippen MR) is 97.4 cm³/mol. The highest BCUT2D eigenvalue weighted by atomic mass is 35.5. The molecule has 0 saturated carbocycles. The maximum Gasteiger partial charge on any atom is 0.340 e. The lowest BCUT2D eigenvalue weighted by Gasteiger charge is -2.16. The van der Waals surface area contributed by atoms with Gasteiger partial charge in [0.25, 0.3) is 5.91 Å². The smallest absolute Gasteiger partial charge is 0.340 e. The second kappa shape index (κ2) is 8.52. The number of hydrogen-bond donors (Lipinski definition) is 0. The SMILES string of the molecule is CCOC(=O)C1=C(C)N(CCOC)C(=O)C1=Cc1ccc(Cl)cc1Cl. The Labute approximate surface area is 156 Å². The molecule has 0 unspecified atom stereocenters. The van der Waals surface area contributed by atoms with E-state index in [0.717, 1.165) is 0 Å². The summed E-state index contributed by atoms with van der Waals surface area (Å²) in [5.41, 5.74) is 1.62. The summed E-state index contributed by atoms with van der Waals surface area (Å²) in [4.78, 5) is 26.7. The average Bonchev–Trinajstić information content (AvgIpc) is 2.79. The fourth-order valence-electron chi connectivity index (χ4n) is 2.56. The van der Waals surface area contributed by atoms with E-state index in [9.17, 15) is 9.59 Å². The van der Waals surface area contributed by atoms with E-state index in [0.29, 0.717) is 34.5 Å². The quantitative estimate of drug-likeness (QED) is 0.554. The van der Waals surface area contributed by atoms with Crippen molar-refractivity contribution in [1.29, 1.82) is 0 Å². The molecule has 0 radical (unpaired) electrons. The molecule has 0 bridgehead atoms. The van der Waals surface area contributed by atoms with Crippen molar-refractivity contribution in [2.24, 2.45) is 0 Å². The number of amides is 1. The zero-order chi connectivity index (χ0) is 18.6. The van der Waals surface area contributed by atoms with Crippen LogP contribution >= 0.6 is 23.2 Å². The molecular formula is C18H19Cl2NO4. The van der Waals surface area contributed by atoms with Gasteiger partial charge in [-0.25, -0.2) is 4.79 Å². The number of hydrogen-bond acceptors (Lipinski definition) is 4. The Kier molecular flexibility index (Phi) is 6.64. The molecule has 1 amide bonds. The molecule has 25 heavy (non-hydrogen) atoms. The minimum Gasteiger partial charge on any atom is -0.462 e. The number of ether oxygens (including phenoxy) is 2. The number of benzene rings is 1. The van der Waals surface area contributed by atoms with Gasteiger partial charge in [0.15, 0.2) is 0 Å². The lowest BCUT2D eigenvalue weighted by Crippen LogP contribution is -2.28. The molecule has 0 N–H and O–H groups in total. The molecule has 1 heterocycles. The van der Waals surface area contributed by atoms with E-state index in [4.69, 9.17) is 32.7 Å². The number of carbonyl (C=O) groups excluding carboxylic acids is 2. The topological polar surface area (TPSA) is 55.8 Å². The Hall–Kier alpha value is -1.82. The third-order valence-corrected chi connectivity index (χ3v) is 4.33. The Morgan fingerprint density at radius 2 is 2.04 bits per heavy atom. The van der Waals surface area contributed by atoms with Crippen molar-refractivity contribution in [3.63, 3.8) is 0 Å². The van der Waals surface area contributed by atoms with Crippen molar-refractivity contribution in [2.75, 3.05) is 26.9 Å². The molecule has 1 aromatic rings. The second-order valence-electron chi connectivity index (χ2n) is 5.35. The van der Waals surface area contributed by atoms with Crippen LogP contribution in [-0.4, -0.2) is 43.6 Å².